The van der Waals surface area contributed by atoms with E-state index in [1.54, 1.807) is 12.0 Å². The highest BCUT2D eigenvalue weighted by Gasteiger charge is 2.20. The molecule has 0 aliphatic rings. The van der Waals surface area contributed by atoms with Gasteiger partial charge in [-0.1, -0.05) is 23.2 Å². The summed E-state index contributed by atoms with van der Waals surface area (Å²) in [5.41, 5.74) is 0.425. The average Bonchev–Trinajstić information content (AvgIpc) is 2.33. The van der Waals surface area contributed by atoms with Crippen LogP contribution in [0, 0.1) is 0 Å². The lowest BCUT2D eigenvalue weighted by atomic mass is 10.2. The molecule has 0 spiro atoms. The van der Waals surface area contributed by atoms with Crippen molar-refractivity contribution in [3.63, 3.8) is 0 Å². The molecule has 18 heavy (non-hydrogen) atoms. The summed E-state index contributed by atoms with van der Waals surface area (Å²) in [7, 11) is 1.61. The van der Waals surface area contributed by atoms with Gasteiger partial charge >= 0.3 is 0 Å². The van der Waals surface area contributed by atoms with Crippen LogP contribution in [0.2, 0.25) is 10.2 Å². The molecule has 0 aliphatic carbocycles. The van der Waals surface area contributed by atoms with Crippen LogP contribution < -0.4 is 0 Å². The topological polar surface area (TPSA) is 42.4 Å². The first-order valence-corrected chi connectivity index (χ1v) is 6.37. The smallest absolute Gasteiger partial charge is 0.255 e. The third-order valence-corrected chi connectivity index (χ3v) is 3.27. The molecule has 1 rings (SSSR count). The van der Waals surface area contributed by atoms with Gasteiger partial charge in [0.05, 0.1) is 23.2 Å². The maximum absolute atomic E-state index is 12.3. The summed E-state index contributed by atoms with van der Waals surface area (Å²) in [5, 5.41) is 0.471. The van der Waals surface area contributed by atoms with Gasteiger partial charge < -0.3 is 9.64 Å². The zero-order valence-corrected chi connectivity index (χ0v) is 12.1. The number of hydrogen-bond donors (Lipinski definition) is 0. The summed E-state index contributed by atoms with van der Waals surface area (Å²) in [6.07, 6.45) is 1.43. The molecule has 0 radical (unpaired) electrons. The second-order valence-corrected chi connectivity index (χ2v) is 4.66. The van der Waals surface area contributed by atoms with E-state index in [-0.39, 0.29) is 22.1 Å². The zero-order valence-electron chi connectivity index (χ0n) is 10.6. The Morgan fingerprint density at radius 3 is 2.72 bits per heavy atom. The van der Waals surface area contributed by atoms with Gasteiger partial charge in [-0.2, -0.15) is 0 Å². The first-order valence-electron chi connectivity index (χ1n) is 5.62. The fourth-order valence-corrected chi connectivity index (χ4v) is 1.96. The van der Waals surface area contributed by atoms with Crippen molar-refractivity contribution in [2.45, 2.75) is 19.9 Å². The predicted octanol–water partition coefficient (Wildman–Crippen LogP) is 2.89. The van der Waals surface area contributed by atoms with Crippen LogP contribution in [0.1, 0.15) is 24.2 Å². The third kappa shape index (κ3) is 3.57. The van der Waals surface area contributed by atoms with Gasteiger partial charge in [0.15, 0.2) is 0 Å². The Morgan fingerprint density at radius 1 is 1.56 bits per heavy atom. The number of nitrogens with zero attached hydrogens (tertiary/aromatic N) is 2. The van der Waals surface area contributed by atoms with Gasteiger partial charge in [0, 0.05) is 19.9 Å². The van der Waals surface area contributed by atoms with Gasteiger partial charge in [0.2, 0.25) is 0 Å². The highest BCUT2D eigenvalue weighted by Crippen LogP contribution is 2.21. The van der Waals surface area contributed by atoms with E-state index in [0.29, 0.717) is 18.7 Å². The lowest BCUT2D eigenvalue weighted by molar-refractivity contribution is 0.0579. The Kier molecular flexibility index (Phi) is 5.85. The van der Waals surface area contributed by atoms with Crippen molar-refractivity contribution in [1.82, 2.24) is 9.88 Å². The number of pyridine rings is 1. The van der Waals surface area contributed by atoms with Gasteiger partial charge in [-0.25, -0.2) is 4.98 Å². The van der Waals surface area contributed by atoms with Gasteiger partial charge in [0.25, 0.3) is 5.91 Å². The minimum atomic E-state index is -0.131. The van der Waals surface area contributed by atoms with Crippen LogP contribution in [0.5, 0.6) is 0 Å². The van der Waals surface area contributed by atoms with Crippen molar-refractivity contribution in [1.29, 1.82) is 0 Å². The molecule has 4 nitrogen and oxygen atoms in total. The molecule has 0 saturated heterocycles. The Morgan fingerprint density at radius 2 is 2.22 bits per heavy atom. The Bertz CT molecular complexity index is 427. The van der Waals surface area contributed by atoms with Crippen molar-refractivity contribution in [3.05, 3.63) is 28.0 Å². The fraction of sp³-hybridized carbons (Fsp3) is 0.500. The van der Waals surface area contributed by atoms with E-state index in [2.05, 4.69) is 4.98 Å². The Hall–Kier alpha value is -0.840. The number of carbonyl (C=O) groups is 1. The van der Waals surface area contributed by atoms with E-state index in [1.165, 1.54) is 12.3 Å². The molecule has 100 valence electrons. The van der Waals surface area contributed by atoms with E-state index in [1.807, 2.05) is 13.8 Å². The molecule has 0 fully saturated rings. The number of carbonyl (C=O) groups excluding carboxylic acids is 1. The van der Waals surface area contributed by atoms with E-state index >= 15 is 0 Å². The van der Waals surface area contributed by atoms with Gasteiger partial charge in [-0.15, -0.1) is 0 Å². The lowest BCUT2D eigenvalue weighted by Gasteiger charge is -2.27. The average molecular weight is 291 g/mol. The van der Waals surface area contributed by atoms with Crippen LogP contribution >= 0.6 is 23.2 Å². The highest BCUT2D eigenvalue weighted by molar-refractivity contribution is 6.41. The van der Waals surface area contributed by atoms with Crippen molar-refractivity contribution in [2.24, 2.45) is 0 Å². The largest absolute Gasteiger partial charge is 0.383 e. The Labute approximate surface area is 117 Å². The van der Waals surface area contributed by atoms with Crippen molar-refractivity contribution in [2.75, 3.05) is 20.3 Å². The van der Waals surface area contributed by atoms with Crippen molar-refractivity contribution >= 4 is 29.1 Å². The molecule has 6 heteroatoms. The molecule has 1 atom stereocenters. The summed E-state index contributed by atoms with van der Waals surface area (Å²) in [6.45, 7) is 4.91. The van der Waals surface area contributed by atoms with Gasteiger partial charge in [-0.05, 0) is 19.9 Å². The van der Waals surface area contributed by atoms with Crippen LogP contribution in [0.25, 0.3) is 0 Å². The minimum Gasteiger partial charge on any atom is -0.383 e. The second kappa shape index (κ2) is 6.92. The summed E-state index contributed by atoms with van der Waals surface area (Å²) in [4.78, 5) is 17.9. The quantitative estimate of drug-likeness (QED) is 0.783. The number of ether oxygens (including phenoxy) is 1. The van der Waals surface area contributed by atoms with Crippen LogP contribution in [0.3, 0.4) is 0 Å². The summed E-state index contributed by atoms with van der Waals surface area (Å²) < 4.78 is 5.06. The minimum absolute atomic E-state index is 0.0121. The molecular weight excluding hydrogens is 275 g/mol. The van der Waals surface area contributed by atoms with E-state index in [9.17, 15) is 4.79 Å². The van der Waals surface area contributed by atoms with Crippen molar-refractivity contribution in [3.8, 4) is 0 Å². The monoisotopic (exact) mass is 290 g/mol. The molecule has 1 unspecified atom stereocenters. The number of hydrogen-bond acceptors (Lipinski definition) is 3. The molecule has 0 N–H and O–H groups in total. The standard InChI is InChI=1S/C12H16Cl2N2O2/c1-4-16(8(2)7-18-3)12(17)9-5-10(13)11(14)15-6-9/h5-6,8H,4,7H2,1-3H3. The molecule has 1 aromatic rings. The number of aromatic nitrogens is 1. The first kappa shape index (κ1) is 15.2. The summed E-state index contributed by atoms with van der Waals surface area (Å²) in [6, 6.07) is 1.52. The van der Waals surface area contributed by atoms with Gasteiger partial charge in [-0.3, -0.25) is 4.79 Å². The van der Waals surface area contributed by atoms with E-state index in [0.717, 1.165) is 0 Å². The van der Waals surface area contributed by atoms with Crippen LogP contribution in [0.4, 0.5) is 0 Å². The van der Waals surface area contributed by atoms with E-state index < -0.39 is 0 Å². The van der Waals surface area contributed by atoms with Crippen molar-refractivity contribution < 1.29 is 9.53 Å². The SMILES string of the molecule is CCN(C(=O)c1cnc(Cl)c(Cl)c1)C(C)COC. The number of rotatable bonds is 5. The molecule has 0 aliphatic heterocycles. The first-order chi connectivity index (χ1) is 8.51. The second-order valence-electron chi connectivity index (χ2n) is 3.89. The Balaban J connectivity index is 2.92. The van der Waals surface area contributed by atoms with Crippen LogP contribution in [-0.2, 0) is 4.74 Å². The molecule has 1 aromatic heterocycles. The molecule has 0 saturated carbocycles. The molecule has 1 heterocycles. The predicted molar refractivity (Wildman–Crippen MR) is 72.3 cm³/mol. The normalized spacial score (nSPS) is 12.3. The lowest BCUT2D eigenvalue weighted by Crippen LogP contribution is -2.41. The summed E-state index contributed by atoms with van der Waals surface area (Å²) in [5.74, 6) is -0.131. The number of methoxy groups -OCH3 is 1. The van der Waals surface area contributed by atoms with Crippen LogP contribution in [0.15, 0.2) is 12.3 Å². The maximum atomic E-state index is 12.3. The fourth-order valence-electron chi connectivity index (χ4n) is 1.69. The molecule has 0 bridgehead atoms. The number of halogens is 2. The molecular formula is C12H16Cl2N2O2. The highest BCUT2D eigenvalue weighted by atomic mass is 35.5. The van der Waals surface area contributed by atoms with Crippen LogP contribution in [-0.4, -0.2) is 42.1 Å². The molecule has 0 aromatic carbocycles. The van der Waals surface area contributed by atoms with E-state index in [4.69, 9.17) is 27.9 Å². The third-order valence-electron chi connectivity index (χ3n) is 2.58. The number of amides is 1. The van der Waals surface area contributed by atoms with Gasteiger partial charge in [0.1, 0.15) is 5.15 Å². The number of likely N-dealkylation sites (N-methyl/N-ethyl adjacent to an activating group) is 1. The zero-order chi connectivity index (χ0) is 13.7. The maximum Gasteiger partial charge on any atom is 0.255 e. The molecule has 1 amide bonds. The summed E-state index contributed by atoms with van der Waals surface area (Å²) >= 11 is 11.6.